The van der Waals surface area contributed by atoms with Crippen LogP contribution in [0.2, 0.25) is 0 Å². The quantitative estimate of drug-likeness (QED) is 0.0212. The molecule has 10 heteroatoms. The molecule has 0 fully saturated rings. The molecule has 0 aliphatic carbocycles. The zero-order valence-corrected chi connectivity index (χ0v) is 52.6. The second-order valence-electron chi connectivity index (χ2n) is 23.6. The number of phosphoric acid groups is 1. The predicted octanol–water partition coefficient (Wildman–Crippen LogP) is 19.8. The number of phosphoric ester groups is 1. The van der Waals surface area contributed by atoms with Crippen molar-refractivity contribution in [2.45, 2.75) is 328 Å². The van der Waals surface area contributed by atoms with Crippen LogP contribution in [0.4, 0.5) is 0 Å². The zero-order valence-electron chi connectivity index (χ0n) is 51.7. The highest BCUT2D eigenvalue weighted by Gasteiger charge is 2.27. The number of ether oxygens (including phenoxy) is 1. The maximum Gasteiger partial charge on any atom is 0.306 e. The minimum atomic E-state index is -4.70. The van der Waals surface area contributed by atoms with E-state index in [0.29, 0.717) is 23.9 Å². The second-order valence-corrected chi connectivity index (χ2v) is 25.0. The molecular formula is C67H127N2O7P. The molecular weight excluding hydrogens is 976 g/mol. The number of rotatable bonds is 60. The van der Waals surface area contributed by atoms with Gasteiger partial charge in [0.2, 0.25) is 5.91 Å². The Morgan fingerprint density at radius 2 is 0.792 bits per heavy atom. The first-order valence-corrected chi connectivity index (χ1v) is 34.4. The van der Waals surface area contributed by atoms with Crippen LogP contribution < -0.4 is 10.2 Å². The zero-order chi connectivity index (χ0) is 56.4. The number of esters is 1. The fourth-order valence-electron chi connectivity index (χ4n) is 9.61. The van der Waals surface area contributed by atoms with Gasteiger partial charge in [0.1, 0.15) is 19.3 Å². The van der Waals surface area contributed by atoms with Crippen molar-refractivity contribution in [3.05, 3.63) is 48.6 Å². The summed E-state index contributed by atoms with van der Waals surface area (Å²) in [6, 6.07) is -0.892. The lowest BCUT2D eigenvalue weighted by Crippen LogP contribution is -2.47. The number of hydrogen-bond donors (Lipinski definition) is 1. The maximum absolute atomic E-state index is 13.6. The molecule has 0 saturated carbocycles. The molecule has 0 radical (unpaired) electrons. The number of carbonyl (C=O) groups is 2. The second kappa shape index (κ2) is 57.2. The molecule has 1 amide bonds. The van der Waals surface area contributed by atoms with Crippen LogP contribution in [-0.4, -0.2) is 69.4 Å². The fraction of sp³-hybridized carbons (Fsp3) is 0.851. The van der Waals surface area contributed by atoms with Crippen LogP contribution >= 0.6 is 7.82 Å². The summed E-state index contributed by atoms with van der Waals surface area (Å²) in [5.41, 5.74) is 0. The largest absolute Gasteiger partial charge is 0.756 e. The first kappa shape index (κ1) is 75.0. The molecule has 9 nitrogen and oxygen atoms in total. The SMILES string of the molecule is CCCCC/C=C\C/C=C\CCCCCCCCCCCCCCCCCC(=O)NC(COP(=O)([O-])OCC[N+](C)(C)C)C(/C=C\CCCCCCCCCCCCC)OC(=O)CCCCC/C=C\CCCCCCCC. The van der Waals surface area contributed by atoms with Crippen molar-refractivity contribution >= 4 is 19.7 Å². The Balaban J connectivity index is 5.09. The van der Waals surface area contributed by atoms with Gasteiger partial charge in [0.05, 0.1) is 33.8 Å². The molecule has 0 rings (SSSR count). The highest BCUT2D eigenvalue weighted by Crippen LogP contribution is 2.38. The van der Waals surface area contributed by atoms with Crippen LogP contribution in [0.15, 0.2) is 48.6 Å². The van der Waals surface area contributed by atoms with E-state index in [0.717, 1.165) is 70.6 Å². The van der Waals surface area contributed by atoms with Crippen LogP contribution in [-0.2, 0) is 27.9 Å². The van der Waals surface area contributed by atoms with Crippen molar-refractivity contribution in [2.75, 3.05) is 40.9 Å². The topological polar surface area (TPSA) is 114 Å². The lowest BCUT2D eigenvalue weighted by molar-refractivity contribution is -0.870. The molecule has 0 heterocycles. The number of nitrogens with one attached hydrogen (secondary N) is 1. The average Bonchev–Trinajstić information content (AvgIpc) is 3.39. The van der Waals surface area contributed by atoms with Crippen molar-refractivity contribution in [2.24, 2.45) is 0 Å². The lowest BCUT2D eigenvalue weighted by atomic mass is 10.0. The van der Waals surface area contributed by atoms with Gasteiger partial charge < -0.3 is 28.5 Å². The molecule has 0 bridgehead atoms. The fourth-order valence-corrected chi connectivity index (χ4v) is 10.3. The molecule has 0 saturated heterocycles. The summed E-state index contributed by atoms with van der Waals surface area (Å²) in [6.45, 7) is 6.83. The van der Waals surface area contributed by atoms with Crippen molar-refractivity contribution in [1.29, 1.82) is 0 Å². The molecule has 0 aromatic carbocycles. The molecule has 0 aliphatic heterocycles. The number of amides is 1. The van der Waals surface area contributed by atoms with Gasteiger partial charge in [-0.1, -0.05) is 262 Å². The van der Waals surface area contributed by atoms with E-state index in [4.69, 9.17) is 13.8 Å². The number of nitrogens with zero attached hydrogens (tertiary/aromatic N) is 1. The Morgan fingerprint density at radius 1 is 0.455 bits per heavy atom. The van der Waals surface area contributed by atoms with E-state index in [1.165, 1.54) is 205 Å². The number of hydrogen-bond acceptors (Lipinski definition) is 7. The third-order valence-electron chi connectivity index (χ3n) is 14.7. The summed E-state index contributed by atoms with van der Waals surface area (Å²) in [5, 5.41) is 3.03. The van der Waals surface area contributed by atoms with Crippen LogP contribution in [0, 0.1) is 0 Å². The minimum Gasteiger partial charge on any atom is -0.756 e. The molecule has 1 N–H and O–H groups in total. The first-order valence-electron chi connectivity index (χ1n) is 32.9. The van der Waals surface area contributed by atoms with E-state index < -0.39 is 26.6 Å². The molecule has 0 aromatic rings. The molecule has 3 atom stereocenters. The van der Waals surface area contributed by atoms with Crippen molar-refractivity contribution in [3.63, 3.8) is 0 Å². The van der Waals surface area contributed by atoms with E-state index in [1.54, 1.807) is 0 Å². The predicted molar refractivity (Wildman–Crippen MR) is 330 cm³/mol. The van der Waals surface area contributed by atoms with Crippen LogP contribution in [0.5, 0.6) is 0 Å². The number of quaternary nitrogens is 1. The summed E-state index contributed by atoms with van der Waals surface area (Å²) in [4.78, 5) is 40.0. The first-order chi connectivity index (χ1) is 37.4. The number of allylic oxidation sites excluding steroid dienone is 7. The minimum absolute atomic E-state index is 0.0233. The van der Waals surface area contributed by atoms with Gasteiger partial charge in [0, 0.05) is 12.8 Å². The van der Waals surface area contributed by atoms with E-state index in [1.807, 2.05) is 33.3 Å². The van der Waals surface area contributed by atoms with Gasteiger partial charge in [0.25, 0.3) is 7.82 Å². The summed E-state index contributed by atoms with van der Waals surface area (Å²) in [5.74, 6) is -0.549. The standard InChI is InChI=1S/C67H127N2O7P/c1-7-10-13-16-19-22-25-28-29-30-31-32-33-34-35-36-37-38-39-42-44-47-50-53-56-59-66(70)68-64(63-75-77(72,73)74-62-61-69(4,5)6)65(58-55-52-49-46-43-40-26-23-20-17-14-11-8-2)76-67(71)60-57-54-51-48-45-41-27-24-21-18-15-12-9-3/h19,22,28-29,41,45,55,58,64-65H,7-18,20-21,23-27,30-40,42-44,46-54,56-57,59-63H2,1-6H3,(H-,68,70,72,73)/b22-19-,29-28-,45-41-,58-55-. The van der Waals surface area contributed by atoms with Crippen molar-refractivity contribution < 1.29 is 37.3 Å². The van der Waals surface area contributed by atoms with Gasteiger partial charge in [-0.3, -0.25) is 14.2 Å². The summed E-state index contributed by atoms with van der Waals surface area (Å²) < 4.78 is 30.3. The number of carbonyl (C=O) groups excluding carboxylic acids is 2. The molecule has 77 heavy (non-hydrogen) atoms. The Hall–Kier alpha value is -2.03. The van der Waals surface area contributed by atoms with Gasteiger partial charge in [-0.15, -0.1) is 0 Å². The van der Waals surface area contributed by atoms with Crippen LogP contribution in [0.3, 0.4) is 0 Å². The summed E-state index contributed by atoms with van der Waals surface area (Å²) >= 11 is 0. The van der Waals surface area contributed by atoms with Crippen LogP contribution in [0.25, 0.3) is 0 Å². The smallest absolute Gasteiger partial charge is 0.306 e. The molecule has 0 aliphatic rings. The third kappa shape index (κ3) is 58.4. The van der Waals surface area contributed by atoms with Crippen molar-refractivity contribution in [3.8, 4) is 0 Å². The van der Waals surface area contributed by atoms with Gasteiger partial charge in [-0.2, -0.15) is 0 Å². The summed E-state index contributed by atoms with van der Waals surface area (Å²) in [7, 11) is 1.19. The van der Waals surface area contributed by atoms with Gasteiger partial charge in [-0.05, 0) is 89.5 Å². The van der Waals surface area contributed by atoms with Crippen LogP contribution in [0.1, 0.15) is 316 Å². The van der Waals surface area contributed by atoms with E-state index in [9.17, 15) is 19.0 Å². The highest BCUT2D eigenvalue weighted by atomic mass is 31.2. The molecule has 452 valence electrons. The lowest BCUT2D eigenvalue weighted by Gasteiger charge is -2.30. The Morgan fingerprint density at radius 3 is 1.22 bits per heavy atom. The molecule has 0 spiro atoms. The normalized spacial score (nSPS) is 13.9. The van der Waals surface area contributed by atoms with E-state index >= 15 is 0 Å². The van der Waals surface area contributed by atoms with Gasteiger partial charge in [-0.25, -0.2) is 0 Å². The maximum atomic E-state index is 13.6. The van der Waals surface area contributed by atoms with E-state index in [-0.39, 0.29) is 24.9 Å². The van der Waals surface area contributed by atoms with E-state index in [2.05, 4.69) is 62.5 Å². The van der Waals surface area contributed by atoms with Gasteiger partial charge >= 0.3 is 5.97 Å². The third-order valence-corrected chi connectivity index (χ3v) is 15.7. The molecule has 0 aromatic heterocycles. The Labute approximate surface area is 478 Å². The molecule has 3 unspecified atom stereocenters. The highest BCUT2D eigenvalue weighted by molar-refractivity contribution is 7.45. The number of unbranched alkanes of at least 4 members (excludes halogenated alkanes) is 38. The monoisotopic (exact) mass is 1100 g/mol. The van der Waals surface area contributed by atoms with Gasteiger partial charge in [0.15, 0.2) is 0 Å². The average molecular weight is 1100 g/mol. The Bertz CT molecular complexity index is 1460. The van der Waals surface area contributed by atoms with Crippen molar-refractivity contribution in [1.82, 2.24) is 5.32 Å². The summed E-state index contributed by atoms with van der Waals surface area (Å²) in [6.07, 6.45) is 70.8. The number of likely N-dealkylation sites (N-methyl/N-ethyl adjacent to an activating group) is 1. The Kier molecular flexibility index (Phi) is 55.7.